The molecule has 1 N–H and O–H groups in total. The molecule has 5 heteroatoms. The molecule has 2 aromatic rings. The molecule has 2 rings (SSSR count). The molecule has 0 saturated carbocycles. The number of hydrogen-bond donors (Lipinski definition) is 1. The molecule has 2 aromatic heterocycles. The van der Waals surface area contributed by atoms with Crippen molar-refractivity contribution in [2.45, 2.75) is 27.2 Å². The molecular formula is C13H18N4O. The first-order valence-electron chi connectivity index (χ1n) is 6.13. The van der Waals surface area contributed by atoms with Gasteiger partial charge < -0.3 is 5.32 Å². The summed E-state index contributed by atoms with van der Waals surface area (Å²) in [4.78, 5) is 16.5. The van der Waals surface area contributed by atoms with Crippen LogP contribution >= 0.6 is 0 Å². The van der Waals surface area contributed by atoms with Crippen LogP contribution in [0.25, 0.3) is 11.0 Å². The van der Waals surface area contributed by atoms with Gasteiger partial charge in [0.25, 0.3) is 5.91 Å². The molecule has 0 unspecified atom stereocenters. The van der Waals surface area contributed by atoms with Crippen LogP contribution in [0.15, 0.2) is 6.07 Å². The summed E-state index contributed by atoms with van der Waals surface area (Å²) in [6.45, 7) is 6.48. The Morgan fingerprint density at radius 1 is 1.39 bits per heavy atom. The molecule has 0 aliphatic heterocycles. The fourth-order valence-electron chi connectivity index (χ4n) is 2.00. The Labute approximate surface area is 106 Å². The smallest absolute Gasteiger partial charge is 0.253 e. The van der Waals surface area contributed by atoms with Gasteiger partial charge >= 0.3 is 0 Å². The van der Waals surface area contributed by atoms with Crippen molar-refractivity contribution < 1.29 is 4.79 Å². The zero-order valence-electron chi connectivity index (χ0n) is 11.2. The van der Waals surface area contributed by atoms with E-state index in [0.717, 1.165) is 28.8 Å². The Morgan fingerprint density at radius 3 is 2.78 bits per heavy atom. The first kappa shape index (κ1) is 12.5. The number of aromatic nitrogens is 3. The lowest BCUT2D eigenvalue weighted by atomic mass is 10.1. The standard InChI is InChI=1S/C13H18N4O/c1-5-6-14-13(18)11-7-10-9(3)16-17(4)12(10)15-8(11)2/h7H,5-6H2,1-4H3,(H,14,18). The van der Waals surface area contributed by atoms with Crippen LogP contribution in [0.3, 0.4) is 0 Å². The van der Waals surface area contributed by atoms with E-state index in [1.54, 1.807) is 4.68 Å². The van der Waals surface area contributed by atoms with Crippen LogP contribution in [0.4, 0.5) is 0 Å². The van der Waals surface area contributed by atoms with E-state index < -0.39 is 0 Å². The summed E-state index contributed by atoms with van der Waals surface area (Å²) in [7, 11) is 1.86. The average molecular weight is 246 g/mol. The molecule has 0 atom stereocenters. The van der Waals surface area contributed by atoms with Crippen molar-refractivity contribution in [3.63, 3.8) is 0 Å². The molecule has 1 amide bonds. The first-order valence-corrected chi connectivity index (χ1v) is 6.13. The van der Waals surface area contributed by atoms with Crippen molar-refractivity contribution in [1.82, 2.24) is 20.1 Å². The van der Waals surface area contributed by atoms with Crippen molar-refractivity contribution in [2.24, 2.45) is 7.05 Å². The van der Waals surface area contributed by atoms with Gasteiger partial charge in [-0.05, 0) is 26.3 Å². The van der Waals surface area contributed by atoms with Gasteiger partial charge in [-0.2, -0.15) is 5.10 Å². The van der Waals surface area contributed by atoms with Crippen molar-refractivity contribution in [2.75, 3.05) is 6.54 Å². The highest BCUT2D eigenvalue weighted by Gasteiger charge is 2.14. The summed E-state index contributed by atoms with van der Waals surface area (Å²) in [6.07, 6.45) is 0.923. The minimum atomic E-state index is -0.0630. The van der Waals surface area contributed by atoms with E-state index >= 15 is 0 Å². The Balaban J connectivity index is 2.49. The molecule has 0 radical (unpaired) electrons. The summed E-state index contributed by atoms with van der Waals surface area (Å²) in [5.74, 6) is -0.0630. The largest absolute Gasteiger partial charge is 0.352 e. The number of carbonyl (C=O) groups excluding carboxylic acids is 1. The zero-order chi connectivity index (χ0) is 13.3. The maximum absolute atomic E-state index is 12.0. The number of aryl methyl sites for hydroxylation is 3. The van der Waals surface area contributed by atoms with Crippen molar-refractivity contribution in [3.8, 4) is 0 Å². The lowest BCUT2D eigenvalue weighted by molar-refractivity contribution is 0.0953. The second-order valence-electron chi connectivity index (χ2n) is 4.46. The Bertz CT molecular complexity index is 601. The molecule has 0 aliphatic carbocycles. The van der Waals surface area contributed by atoms with E-state index in [1.807, 2.05) is 33.9 Å². The molecule has 5 nitrogen and oxygen atoms in total. The lowest BCUT2D eigenvalue weighted by Gasteiger charge is -2.06. The minimum absolute atomic E-state index is 0.0630. The average Bonchev–Trinajstić information content (AvgIpc) is 2.60. The fourth-order valence-corrected chi connectivity index (χ4v) is 2.00. The summed E-state index contributed by atoms with van der Waals surface area (Å²) >= 11 is 0. The zero-order valence-corrected chi connectivity index (χ0v) is 11.2. The fraction of sp³-hybridized carbons (Fsp3) is 0.462. The number of hydrogen-bond acceptors (Lipinski definition) is 3. The van der Waals surface area contributed by atoms with E-state index in [-0.39, 0.29) is 5.91 Å². The molecule has 18 heavy (non-hydrogen) atoms. The van der Waals surface area contributed by atoms with Crippen LogP contribution in [0, 0.1) is 13.8 Å². The number of carbonyl (C=O) groups is 1. The summed E-state index contributed by atoms with van der Waals surface area (Å²) in [6, 6.07) is 1.88. The Kier molecular flexibility index (Phi) is 3.32. The highest BCUT2D eigenvalue weighted by atomic mass is 16.1. The Morgan fingerprint density at radius 2 is 2.11 bits per heavy atom. The van der Waals surface area contributed by atoms with Gasteiger partial charge in [-0.25, -0.2) is 4.98 Å². The SMILES string of the molecule is CCCNC(=O)c1cc2c(C)nn(C)c2nc1C. The normalized spacial score (nSPS) is 10.9. The molecule has 0 saturated heterocycles. The highest BCUT2D eigenvalue weighted by Crippen LogP contribution is 2.19. The number of rotatable bonds is 3. The molecule has 0 fully saturated rings. The summed E-state index contributed by atoms with van der Waals surface area (Å²) in [5, 5.41) is 8.13. The van der Waals surface area contributed by atoms with Gasteiger partial charge in [0.15, 0.2) is 5.65 Å². The molecule has 0 aliphatic rings. The van der Waals surface area contributed by atoms with Gasteiger partial charge in [-0.15, -0.1) is 0 Å². The number of amides is 1. The van der Waals surface area contributed by atoms with Crippen LogP contribution < -0.4 is 5.32 Å². The quantitative estimate of drug-likeness (QED) is 0.897. The molecule has 96 valence electrons. The van der Waals surface area contributed by atoms with E-state index in [2.05, 4.69) is 15.4 Å². The van der Waals surface area contributed by atoms with Crippen molar-refractivity contribution in [3.05, 3.63) is 23.0 Å². The summed E-state index contributed by atoms with van der Waals surface area (Å²) < 4.78 is 1.74. The van der Waals surface area contributed by atoms with E-state index in [9.17, 15) is 4.79 Å². The predicted octanol–water partition coefficient (Wildman–Crippen LogP) is 1.72. The van der Waals surface area contributed by atoms with Crippen LogP contribution in [0.1, 0.15) is 35.1 Å². The van der Waals surface area contributed by atoms with Crippen LogP contribution in [0.5, 0.6) is 0 Å². The van der Waals surface area contributed by atoms with Gasteiger partial charge in [0.2, 0.25) is 0 Å². The van der Waals surface area contributed by atoms with E-state index in [1.165, 1.54) is 0 Å². The van der Waals surface area contributed by atoms with Gasteiger partial charge in [0, 0.05) is 19.0 Å². The van der Waals surface area contributed by atoms with E-state index in [0.29, 0.717) is 12.1 Å². The summed E-state index contributed by atoms with van der Waals surface area (Å²) in [5.41, 5.74) is 3.08. The molecule has 0 aromatic carbocycles. The molecule has 0 spiro atoms. The van der Waals surface area contributed by atoms with Crippen molar-refractivity contribution >= 4 is 16.9 Å². The minimum Gasteiger partial charge on any atom is -0.352 e. The van der Waals surface area contributed by atoms with Gasteiger partial charge in [0.1, 0.15) is 0 Å². The number of nitrogens with zero attached hydrogens (tertiary/aromatic N) is 3. The third-order valence-electron chi connectivity index (χ3n) is 2.97. The van der Waals surface area contributed by atoms with Gasteiger partial charge in [-0.1, -0.05) is 6.92 Å². The van der Waals surface area contributed by atoms with Gasteiger partial charge in [-0.3, -0.25) is 9.48 Å². The maximum atomic E-state index is 12.0. The van der Waals surface area contributed by atoms with E-state index in [4.69, 9.17) is 0 Å². The number of fused-ring (bicyclic) bond motifs is 1. The van der Waals surface area contributed by atoms with Crippen molar-refractivity contribution in [1.29, 1.82) is 0 Å². The highest BCUT2D eigenvalue weighted by molar-refractivity contribution is 5.98. The second kappa shape index (κ2) is 4.76. The predicted molar refractivity (Wildman–Crippen MR) is 70.6 cm³/mol. The molecule has 0 bridgehead atoms. The monoisotopic (exact) mass is 246 g/mol. The third-order valence-corrected chi connectivity index (χ3v) is 2.97. The topological polar surface area (TPSA) is 59.8 Å². The first-order chi connectivity index (χ1) is 8.54. The lowest BCUT2D eigenvalue weighted by Crippen LogP contribution is -2.25. The van der Waals surface area contributed by atoms with Crippen LogP contribution in [-0.2, 0) is 7.05 Å². The second-order valence-corrected chi connectivity index (χ2v) is 4.46. The maximum Gasteiger partial charge on any atom is 0.253 e. The Hall–Kier alpha value is -1.91. The van der Waals surface area contributed by atoms with Crippen LogP contribution in [-0.4, -0.2) is 27.2 Å². The molecule has 2 heterocycles. The van der Waals surface area contributed by atoms with Gasteiger partial charge in [0.05, 0.1) is 17.0 Å². The third kappa shape index (κ3) is 2.08. The number of pyridine rings is 1. The molecular weight excluding hydrogens is 228 g/mol. The number of nitrogens with one attached hydrogen (secondary N) is 1. The van der Waals surface area contributed by atoms with Crippen LogP contribution in [0.2, 0.25) is 0 Å².